The lowest BCUT2D eigenvalue weighted by Crippen LogP contribution is -2.20. The van der Waals surface area contributed by atoms with E-state index in [9.17, 15) is 13.6 Å². The topological polar surface area (TPSA) is 29.1 Å². The fourth-order valence-electron chi connectivity index (χ4n) is 0.909. The lowest BCUT2D eigenvalue weighted by molar-refractivity contribution is -0.126. The number of amides is 1. The van der Waals surface area contributed by atoms with Gasteiger partial charge in [0.05, 0.1) is 10.7 Å². The molecule has 76 valence electrons. The molecule has 0 radical (unpaired) electrons. The Morgan fingerprint density at radius 3 is 2.64 bits per heavy atom. The Hall–Kier alpha value is -1.16. The summed E-state index contributed by atoms with van der Waals surface area (Å²) in [4.78, 5) is 10.6. The highest BCUT2D eigenvalue weighted by atomic mass is 35.5. The van der Waals surface area contributed by atoms with Gasteiger partial charge in [0, 0.05) is 0 Å². The van der Waals surface area contributed by atoms with Crippen molar-refractivity contribution in [3.05, 3.63) is 28.8 Å². The summed E-state index contributed by atoms with van der Waals surface area (Å²) in [6, 6.07) is 4.74. The van der Waals surface area contributed by atoms with Gasteiger partial charge in [-0.3, -0.25) is 4.79 Å². The first-order valence-electron chi connectivity index (χ1n) is 3.86. The van der Waals surface area contributed by atoms with Crippen LogP contribution in [0.1, 0.15) is 5.56 Å². The number of aryl methyl sites for hydroxylation is 1. The van der Waals surface area contributed by atoms with Crippen molar-refractivity contribution >= 4 is 23.2 Å². The number of hydrogen-bond acceptors (Lipinski definition) is 1. The summed E-state index contributed by atoms with van der Waals surface area (Å²) in [6.45, 7) is 1.81. The molecule has 1 N–H and O–H groups in total. The minimum Gasteiger partial charge on any atom is -0.320 e. The highest BCUT2D eigenvalue weighted by Crippen LogP contribution is 2.22. The minimum atomic E-state index is -3.03. The number of rotatable bonds is 2. The zero-order chi connectivity index (χ0) is 10.7. The summed E-state index contributed by atoms with van der Waals surface area (Å²) in [5.74, 6) is -1.35. The highest BCUT2D eigenvalue weighted by Gasteiger charge is 2.15. The third kappa shape index (κ3) is 2.67. The highest BCUT2D eigenvalue weighted by molar-refractivity contribution is 6.33. The van der Waals surface area contributed by atoms with Crippen molar-refractivity contribution in [3.63, 3.8) is 0 Å². The molecule has 0 saturated heterocycles. The molecule has 2 nitrogen and oxygen atoms in total. The van der Waals surface area contributed by atoms with Gasteiger partial charge in [0.25, 0.3) is 5.91 Å². The van der Waals surface area contributed by atoms with Gasteiger partial charge in [-0.05, 0) is 24.6 Å². The fourth-order valence-corrected chi connectivity index (χ4v) is 1.19. The van der Waals surface area contributed by atoms with Crippen LogP contribution in [-0.2, 0) is 4.79 Å². The molecule has 1 aromatic carbocycles. The molecule has 0 aliphatic rings. The predicted octanol–water partition coefficient (Wildman–Crippen LogP) is 2.85. The fraction of sp³-hybridized carbons (Fsp3) is 0.222. The monoisotopic (exact) mass is 219 g/mol. The molecule has 0 spiro atoms. The van der Waals surface area contributed by atoms with Crippen LogP contribution < -0.4 is 5.32 Å². The maximum Gasteiger partial charge on any atom is 0.315 e. The van der Waals surface area contributed by atoms with Gasteiger partial charge in [-0.2, -0.15) is 8.78 Å². The first-order valence-corrected chi connectivity index (χ1v) is 4.23. The van der Waals surface area contributed by atoms with Crippen LogP contribution in [0.25, 0.3) is 0 Å². The van der Waals surface area contributed by atoms with Crippen LogP contribution in [0.5, 0.6) is 0 Å². The van der Waals surface area contributed by atoms with E-state index in [4.69, 9.17) is 11.6 Å². The molecule has 0 fully saturated rings. The molecular weight excluding hydrogens is 212 g/mol. The van der Waals surface area contributed by atoms with Gasteiger partial charge in [-0.1, -0.05) is 17.7 Å². The number of halogens is 3. The average Bonchev–Trinajstić information content (AvgIpc) is 2.09. The Morgan fingerprint density at radius 2 is 2.14 bits per heavy atom. The van der Waals surface area contributed by atoms with E-state index in [1.54, 1.807) is 12.1 Å². The normalized spacial score (nSPS) is 10.4. The van der Waals surface area contributed by atoms with Crippen LogP contribution in [0.3, 0.4) is 0 Å². The summed E-state index contributed by atoms with van der Waals surface area (Å²) >= 11 is 5.72. The van der Waals surface area contributed by atoms with E-state index in [0.29, 0.717) is 0 Å². The quantitative estimate of drug-likeness (QED) is 0.814. The third-order valence-electron chi connectivity index (χ3n) is 1.58. The molecular formula is C9H8ClF2NO. The van der Waals surface area contributed by atoms with Crippen molar-refractivity contribution in [2.45, 2.75) is 13.3 Å². The molecule has 1 amide bonds. The molecule has 0 aromatic heterocycles. The van der Waals surface area contributed by atoms with E-state index in [-0.39, 0.29) is 10.7 Å². The lowest BCUT2D eigenvalue weighted by atomic mass is 10.2. The van der Waals surface area contributed by atoms with Crippen LogP contribution in [0, 0.1) is 6.92 Å². The Morgan fingerprint density at radius 1 is 1.50 bits per heavy atom. The molecule has 0 aliphatic carbocycles. The molecule has 14 heavy (non-hydrogen) atoms. The number of anilines is 1. The summed E-state index contributed by atoms with van der Waals surface area (Å²) in [7, 11) is 0. The first-order chi connectivity index (χ1) is 6.50. The number of hydrogen-bond donors (Lipinski definition) is 1. The van der Waals surface area contributed by atoms with Gasteiger partial charge >= 0.3 is 6.43 Å². The number of carbonyl (C=O) groups excluding carboxylic acids is 1. The Labute approximate surface area is 84.9 Å². The van der Waals surface area contributed by atoms with Crippen LogP contribution in [0.2, 0.25) is 5.02 Å². The Kier molecular flexibility index (Phi) is 3.41. The molecule has 1 rings (SSSR count). The molecule has 0 unspecified atom stereocenters. The van der Waals surface area contributed by atoms with E-state index >= 15 is 0 Å². The van der Waals surface area contributed by atoms with Gasteiger partial charge in [0.15, 0.2) is 0 Å². The van der Waals surface area contributed by atoms with Crippen LogP contribution in [0.15, 0.2) is 18.2 Å². The van der Waals surface area contributed by atoms with Crippen LogP contribution in [0.4, 0.5) is 14.5 Å². The zero-order valence-electron chi connectivity index (χ0n) is 7.35. The van der Waals surface area contributed by atoms with Crippen molar-refractivity contribution in [2.24, 2.45) is 0 Å². The van der Waals surface area contributed by atoms with E-state index in [0.717, 1.165) is 5.56 Å². The van der Waals surface area contributed by atoms with Crippen LogP contribution in [-0.4, -0.2) is 12.3 Å². The molecule has 0 heterocycles. The van der Waals surface area contributed by atoms with Crippen LogP contribution >= 0.6 is 11.6 Å². The number of carbonyl (C=O) groups is 1. The van der Waals surface area contributed by atoms with E-state index in [2.05, 4.69) is 0 Å². The summed E-state index contributed by atoms with van der Waals surface area (Å²) in [6.07, 6.45) is -3.03. The van der Waals surface area contributed by atoms with Crippen molar-refractivity contribution in [2.75, 3.05) is 5.32 Å². The molecule has 0 aliphatic heterocycles. The second kappa shape index (κ2) is 4.37. The lowest BCUT2D eigenvalue weighted by Gasteiger charge is -2.06. The molecule has 0 saturated carbocycles. The second-order valence-electron chi connectivity index (χ2n) is 2.77. The average molecular weight is 220 g/mol. The molecule has 0 atom stereocenters. The SMILES string of the molecule is Cc1ccc(NC(=O)C(F)F)c(Cl)c1. The van der Waals surface area contributed by atoms with Crippen molar-refractivity contribution < 1.29 is 13.6 Å². The zero-order valence-corrected chi connectivity index (χ0v) is 8.11. The van der Waals surface area contributed by atoms with E-state index in [1.165, 1.54) is 6.07 Å². The smallest absolute Gasteiger partial charge is 0.315 e. The number of nitrogens with one attached hydrogen (secondary N) is 1. The first kappa shape index (κ1) is 10.9. The molecule has 0 bridgehead atoms. The molecule has 1 aromatic rings. The summed E-state index contributed by atoms with van der Waals surface area (Å²) < 4.78 is 23.7. The van der Waals surface area contributed by atoms with E-state index in [1.807, 2.05) is 12.2 Å². The largest absolute Gasteiger partial charge is 0.320 e. The van der Waals surface area contributed by atoms with Crippen molar-refractivity contribution in [1.82, 2.24) is 0 Å². The Bertz CT molecular complexity index is 355. The third-order valence-corrected chi connectivity index (χ3v) is 1.89. The van der Waals surface area contributed by atoms with Gasteiger partial charge in [0.2, 0.25) is 0 Å². The van der Waals surface area contributed by atoms with Crippen molar-refractivity contribution in [3.8, 4) is 0 Å². The van der Waals surface area contributed by atoms with Gasteiger partial charge in [-0.25, -0.2) is 0 Å². The summed E-state index contributed by atoms with van der Waals surface area (Å²) in [5, 5.41) is 2.27. The predicted molar refractivity (Wildman–Crippen MR) is 50.8 cm³/mol. The maximum atomic E-state index is 11.9. The maximum absolute atomic E-state index is 11.9. The van der Waals surface area contributed by atoms with E-state index < -0.39 is 12.3 Å². The second-order valence-corrected chi connectivity index (χ2v) is 3.18. The summed E-state index contributed by atoms with van der Waals surface area (Å²) in [5.41, 5.74) is 1.09. The number of benzene rings is 1. The minimum absolute atomic E-state index is 0.197. The van der Waals surface area contributed by atoms with Gasteiger partial charge in [-0.15, -0.1) is 0 Å². The molecule has 5 heteroatoms. The van der Waals surface area contributed by atoms with Crippen molar-refractivity contribution in [1.29, 1.82) is 0 Å². The number of alkyl halides is 2. The van der Waals surface area contributed by atoms with Gasteiger partial charge in [0.1, 0.15) is 0 Å². The van der Waals surface area contributed by atoms with Gasteiger partial charge < -0.3 is 5.32 Å². The Balaban J connectivity index is 2.82. The standard InChI is InChI=1S/C9H8ClF2NO/c1-5-2-3-7(6(10)4-5)13-9(14)8(11)12/h2-4,8H,1H3,(H,13,14).